The molecule has 1 aliphatic rings. The highest BCUT2D eigenvalue weighted by molar-refractivity contribution is 6.14. The molecule has 2 aromatic carbocycles. The van der Waals surface area contributed by atoms with Crippen LogP contribution >= 0.6 is 0 Å². The van der Waals surface area contributed by atoms with Crippen molar-refractivity contribution >= 4 is 28.3 Å². The number of nitrogens with zero attached hydrogens (tertiary/aromatic N) is 6. The van der Waals surface area contributed by atoms with Crippen LogP contribution in [0.2, 0.25) is 0 Å². The highest BCUT2D eigenvalue weighted by Gasteiger charge is 2.24. The molecule has 0 radical (unpaired) electrons. The highest BCUT2D eigenvalue weighted by Crippen LogP contribution is 2.40. The summed E-state index contributed by atoms with van der Waals surface area (Å²) < 4.78 is 1.37. The molecule has 0 atom stereocenters. The fourth-order valence-electron chi connectivity index (χ4n) is 3.90. The van der Waals surface area contributed by atoms with Gasteiger partial charge >= 0.3 is 0 Å². The third-order valence-corrected chi connectivity index (χ3v) is 5.88. The van der Waals surface area contributed by atoms with E-state index >= 15 is 0 Å². The molecule has 1 amide bonds. The van der Waals surface area contributed by atoms with Crippen LogP contribution < -0.4 is 0 Å². The van der Waals surface area contributed by atoms with Gasteiger partial charge in [0.05, 0.1) is 16.9 Å². The standard InChI is InChI=1S/C24H20N6O3/c1-11-5-6-12(2)18(9-11)30-23(32)16-8-7-15(10-17(16)24(30)33)22(31)25-20-19-13(3)14(4)26-28-21(19)29-27-20/h5-10,32-33H,1-4H3. The minimum Gasteiger partial charge on any atom is -0.494 e. The Morgan fingerprint density at radius 1 is 0.909 bits per heavy atom. The fourth-order valence-corrected chi connectivity index (χ4v) is 3.90. The van der Waals surface area contributed by atoms with Crippen LogP contribution in [0, 0.1) is 27.7 Å². The molecular formula is C24H20N6O3. The SMILES string of the molecule is Cc1ccc(C)c(-n2c(O)c3ccc(C(=O)N=C4N=Nc5nnc(C)c(C)c54)cc3c2O)c1. The Labute approximate surface area is 188 Å². The van der Waals surface area contributed by atoms with Gasteiger partial charge in [-0.2, -0.15) is 10.1 Å². The maximum absolute atomic E-state index is 12.9. The van der Waals surface area contributed by atoms with Crippen molar-refractivity contribution in [1.82, 2.24) is 14.8 Å². The molecule has 4 aromatic rings. The summed E-state index contributed by atoms with van der Waals surface area (Å²) in [6, 6.07) is 10.4. The van der Waals surface area contributed by atoms with Crippen LogP contribution in [0.15, 0.2) is 51.6 Å². The average Bonchev–Trinajstić information content (AvgIpc) is 3.31. The van der Waals surface area contributed by atoms with Gasteiger partial charge in [0.2, 0.25) is 17.6 Å². The van der Waals surface area contributed by atoms with Crippen LogP contribution in [0.3, 0.4) is 0 Å². The second kappa shape index (κ2) is 7.33. The van der Waals surface area contributed by atoms with Gasteiger partial charge in [0.1, 0.15) is 0 Å². The molecule has 5 rings (SSSR count). The largest absolute Gasteiger partial charge is 0.494 e. The van der Waals surface area contributed by atoms with Crippen molar-refractivity contribution in [1.29, 1.82) is 0 Å². The summed E-state index contributed by atoms with van der Waals surface area (Å²) in [7, 11) is 0. The first-order valence-corrected chi connectivity index (χ1v) is 10.3. The molecule has 164 valence electrons. The second-order valence-electron chi connectivity index (χ2n) is 8.08. The molecule has 0 fully saturated rings. The molecule has 2 aromatic heterocycles. The number of amidine groups is 1. The third-order valence-electron chi connectivity index (χ3n) is 5.88. The molecule has 0 unspecified atom stereocenters. The van der Waals surface area contributed by atoms with E-state index in [0.717, 1.165) is 16.7 Å². The zero-order chi connectivity index (χ0) is 23.4. The molecule has 9 heteroatoms. The highest BCUT2D eigenvalue weighted by atomic mass is 16.3. The zero-order valence-electron chi connectivity index (χ0n) is 18.5. The van der Waals surface area contributed by atoms with Gasteiger partial charge in [0.25, 0.3) is 5.91 Å². The Kier molecular flexibility index (Phi) is 4.56. The molecule has 1 aliphatic heterocycles. The van der Waals surface area contributed by atoms with E-state index in [4.69, 9.17) is 0 Å². The van der Waals surface area contributed by atoms with Crippen LogP contribution in [-0.2, 0) is 0 Å². The molecule has 0 aliphatic carbocycles. The summed E-state index contributed by atoms with van der Waals surface area (Å²) in [6.07, 6.45) is 0. The number of fused-ring (bicyclic) bond motifs is 2. The van der Waals surface area contributed by atoms with Crippen molar-refractivity contribution in [3.8, 4) is 17.4 Å². The van der Waals surface area contributed by atoms with Crippen molar-refractivity contribution in [2.45, 2.75) is 27.7 Å². The smallest absolute Gasteiger partial charge is 0.279 e. The number of aryl methyl sites for hydroxylation is 3. The summed E-state index contributed by atoms with van der Waals surface area (Å²) >= 11 is 0. The summed E-state index contributed by atoms with van der Waals surface area (Å²) in [4.78, 5) is 17.1. The number of rotatable bonds is 2. The molecule has 0 spiro atoms. The Hall–Kier alpha value is -4.40. The zero-order valence-corrected chi connectivity index (χ0v) is 18.5. The third kappa shape index (κ3) is 3.16. The van der Waals surface area contributed by atoms with Gasteiger partial charge in [-0.05, 0) is 68.7 Å². The van der Waals surface area contributed by atoms with E-state index in [1.807, 2.05) is 45.9 Å². The van der Waals surface area contributed by atoms with Gasteiger partial charge < -0.3 is 10.2 Å². The van der Waals surface area contributed by atoms with Crippen molar-refractivity contribution in [2.24, 2.45) is 15.2 Å². The Balaban J connectivity index is 1.60. The molecule has 0 bridgehead atoms. The van der Waals surface area contributed by atoms with Crippen LogP contribution in [0.4, 0.5) is 5.82 Å². The van der Waals surface area contributed by atoms with Crippen LogP contribution in [0.5, 0.6) is 11.8 Å². The molecule has 2 N–H and O–H groups in total. The quantitative estimate of drug-likeness (QED) is 0.465. The number of aromatic nitrogens is 3. The Bertz CT molecular complexity index is 1550. The summed E-state index contributed by atoms with van der Waals surface area (Å²) in [5, 5.41) is 38.4. The van der Waals surface area contributed by atoms with Gasteiger partial charge in [0, 0.05) is 16.3 Å². The van der Waals surface area contributed by atoms with E-state index < -0.39 is 5.91 Å². The molecular weight excluding hydrogens is 420 g/mol. The minimum absolute atomic E-state index is 0.107. The molecule has 0 saturated carbocycles. The molecule has 0 saturated heterocycles. The first kappa shape index (κ1) is 20.5. The number of carbonyl (C=O) groups is 1. The monoisotopic (exact) mass is 440 g/mol. The predicted octanol–water partition coefficient (Wildman–Crippen LogP) is 4.75. The van der Waals surface area contributed by atoms with Crippen LogP contribution in [0.1, 0.15) is 38.3 Å². The van der Waals surface area contributed by atoms with Gasteiger partial charge in [-0.1, -0.05) is 12.1 Å². The van der Waals surface area contributed by atoms with Gasteiger partial charge in [0.15, 0.2) is 5.84 Å². The molecule has 33 heavy (non-hydrogen) atoms. The number of benzene rings is 2. The Morgan fingerprint density at radius 2 is 1.67 bits per heavy atom. The number of hydrogen-bond acceptors (Lipinski definition) is 6. The minimum atomic E-state index is -0.550. The summed E-state index contributed by atoms with van der Waals surface area (Å²) in [5.74, 6) is -0.319. The summed E-state index contributed by atoms with van der Waals surface area (Å²) in [6.45, 7) is 7.49. The topological polar surface area (TPSA) is 125 Å². The normalized spacial score (nSPS) is 13.8. The van der Waals surface area contributed by atoms with Crippen LogP contribution in [0.25, 0.3) is 16.5 Å². The number of aliphatic imine (C=N–C) groups is 1. The van der Waals surface area contributed by atoms with Crippen molar-refractivity contribution in [2.75, 3.05) is 0 Å². The van der Waals surface area contributed by atoms with Crippen molar-refractivity contribution < 1.29 is 15.0 Å². The lowest BCUT2D eigenvalue weighted by Crippen LogP contribution is -2.05. The van der Waals surface area contributed by atoms with E-state index in [2.05, 4.69) is 25.4 Å². The van der Waals surface area contributed by atoms with Crippen LogP contribution in [-0.4, -0.2) is 36.7 Å². The first-order chi connectivity index (χ1) is 15.8. The van der Waals surface area contributed by atoms with E-state index in [1.54, 1.807) is 12.1 Å². The fraction of sp³-hybridized carbons (Fsp3) is 0.167. The number of azo groups is 1. The van der Waals surface area contributed by atoms with Gasteiger partial charge in [-0.25, -0.2) is 0 Å². The van der Waals surface area contributed by atoms with Crippen molar-refractivity contribution in [3.63, 3.8) is 0 Å². The van der Waals surface area contributed by atoms with Gasteiger partial charge in [-0.3, -0.25) is 9.36 Å². The number of hydrogen-bond donors (Lipinski definition) is 2. The Morgan fingerprint density at radius 3 is 2.45 bits per heavy atom. The predicted molar refractivity (Wildman–Crippen MR) is 123 cm³/mol. The number of amides is 1. The second-order valence-corrected chi connectivity index (χ2v) is 8.08. The van der Waals surface area contributed by atoms with E-state index in [1.165, 1.54) is 10.6 Å². The molecule has 9 nitrogen and oxygen atoms in total. The van der Waals surface area contributed by atoms with E-state index in [0.29, 0.717) is 33.5 Å². The van der Waals surface area contributed by atoms with E-state index in [-0.39, 0.29) is 23.2 Å². The van der Waals surface area contributed by atoms with Gasteiger partial charge in [-0.15, -0.1) is 15.3 Å². The maximum Gasteiger partial charge on any atom is 0.279 e. The summed E-state index contributed by atoms with van der Waals surface area (Å²) in [5.41, 5.74) is 4.86. The average molecular weight is 440 g/mol. The lowest BCUT2D eigenvalue weighted by atomic mass is 10.1. The lowest BCUT2D eigenvalue weighted by Gasteiger charge is -2.11. The van der Waals surface area contributed by atoms with Crippen molar-refractivity contribution in [3.05, 3.63) is 69.9 Å². The number of carbonyl (C=O) groups excluding carboxylic acids is 1. The first-order valence-electron chi connectivity index (χ1n) is 10.3. The lowest BCUT2D eigenvalue weighted by molar-refractivity contribution is 0.100. The number of aromatic hydroxyl groups is 2. The maximum atomic E-state index is 12.9. The molecule has 3 heterocycles. The van der Waals surface area contributed by atoms with E-state index in [9.17, 15) is 15.0 Å².